The summed E-state index contributed by atoms with van der Waals surface area (Å²) in [6.45, 7) is 4.14. The van der Waals surface area contributed by atoms with E-state index in [1.165, 1.54) is 72.2 Å². The lowest BCUT2D eigenvalue weighted by molar-refractivity contribution is -0.157. The van der Waals surface area contributed by atoms with Crippen molar-refractivity contribution in [3.63, 3.8) is 0 Å². The van der Waals surface area contributed by atoms with E-state index in [0.717, 1.165) is 34.6 Å². The quantitative estimate of drug-likeness (QED) is 0.0235. The predicted molar refractivity (Wildman–Crippen MR) is 265 cm³/mol. The molecule has 0 fully saturated rings. The fourth-order valence-electron chi connectivity index (χ4n) is 7.74. The topological polar surface area (TPSA) is 162 Å². The highest BCUT2D eigenvalue weighted by molar-refractivity contribution is 14.1. The van der Waals surface area contributed by atoms with Crippen molar-refractivity contribution >= 4 is 56.9 Å². The fourth-order valence-corrected chi connectivity index (χ4v) is 9.96. The molecule has 4 heterocycles. The lowest BCUT2D eigenvalue weighted by atomic mass is 9.81. The van der Waals surface area contributed by atoms with Gasteiger partial charge >= 0.3 is 0 Å². The highest BCUT2D eigenvalue weighted by atomic mass is 127. The molecule has 70 heavy (non-hydrogen) atoms. The van der Waals surface area contributed by atoms with E-state index >= 15 is 8.78 Å². The van der Waals surface area contributed by atoms with Gasteiger partial charge in [0.15, 0.2) is 0 Å². The average Bonchev–Trinajstić information content (AvgIpc) is 4.24. The number of nitrogens with zero attached hydrogens (tertiary/aromatic N) is 10. The molecule has 8 aromatic rings. The minimum Gasteiger partial charge on any atom is -0.367 e. The third kappa shape index (κ3) is 12.1. The van der Waals surface area contributed by atoms with Gasteiger partial charge in [-0.2, -0.15) is 20.7 Å². The molecule has 0 amide bonds. The summed E-state index contributed by atoms with van der Waals surface area (Å²) in [4.78, 5) is 17.6. The predicted octanol–water partition coefficient (Wildman–Crippen LogP) is 11.5. The molecular formula is C49H42ClF4IN10O3S2. The molecule has 4 atom stereocenters. The van der Waals surface area contributed by atoms with Gasteiger partial charge in [-0.1, -0.05) is 72.8 Å². The highest BCUT2D eigenvalue weighted by Crippen LogP contribution is 2.46. The molecule has 0 radical (unpaired) electrons. The van der Waals surface area contributed by atoms with Crippen molar-refractivity contribution in [1.82, 2.24) is 39.5 Å². The number of rotatable bonds is 20. The molecule has 8 rings (SSSR count). The molecule has 0 bridgehead atoms. The molecule has 0 aliphatic carbocycles. The highest BCUT2D eigenvalue weighted by Gasteiger charge is 2.46. The molecule has 0 N–H and O–H groups in total. The van der Waals surface area contributed by atoms with Gasteiger partial charge in [-0.15, -0.1) is 34.3 Å². The van der Waals surface area contributed by atoms with Gasteiger partial charge < -0.3 is 14.2 Å². The fraction of sp³-hybridized carbons (Fsp3) is 0.265. The number of hydrogen-bond donors (Lipinski definition) is 0. The number of thiazole rings is 2. The zero-order valence-electron chi connectivity index (χ0n) is 37.4. The molecule has 0 saturated carbocycles. The Labute approximate surface area is 427 Å². The van der Waals surface area contributed by atoms with E-state index in [2.05, 4.69) is 32.3 Å². The summed E-state index contributed by atoms with van der Waals surface area (Å²) in [5.41, 5.74) is 2.04. The van der Waals surface area contributed by atoms with Crippen LogP contribution >= 0.6 is 56.9 Å². The van der Waals surface area contributed by atoms with Gasteiger partial charge in [-0.3, -0.25) is 0 Å². The summed E-state index contributed by atoms with van der Waals surface area (Å²) in [6.07, 6.45) is 6.35. The van der Waals surface area contributed by atoms with Crippen molar-refractivity contribution in [2.75, 3.05) is 23.9 Å². The molecule has 4 aromatic carbocycles. The van der Waals surface area contributed by atoms with Gasteiger partial charge in [0, 0.05) is 69.5 Å². The Bertz CT molecular complexity index is 2820. The summed E-state index contributed by atoms with van der Waals surface area (Å²) in [5.74, 6) is -3.37. The zero-order valence-corrected chi connectivity index (χ0v) is 42.0. The van der Waals surface area contributed by atoms with Crippen molar-refractivity contribution in [2.45, 2.75) is 56.4 Å². The molecular weight excluding hydrogens is 1080 g/mol. The summed E-state index contributed by atoms with van der Waals surface area (Å²) in [7, 11) is 0. The SMILES string of the molecule is C[C@@H](c1nc(-c2ccc(C#N)cc2)cs1)[C@@](Cn1cncn1)(OCCCCl)c1ccc(F)cc1F.C[C@@H](c1nc(-c2ccc(C#N)cc2)cs1)[C@@](Cn1cncn1)(OCOCI)c1ccc(F)cc1F. The van der Waals surface area contributed by atoms with E-state index in [9.17, 15) is 8.78 Å². The third-order valence-electron chi connectivity index (χ3n) is 11.4. The van der Waals surface area contributed by atoms with Crippen LogP contribution in [0.2, 0.25) is 0 Å². The lowest BCUT2D eigenvalue weighted by Gasteiger charge is -2.39. The zero-order chi connectivity index (χ0) is 49.7. The van der Waals surface area contributed by atoms with Crippen LogP contribution in [0.25, 0.3) is 22.5 Å². The standard InChI is InChI=1S/C25H22ClF2N5OS.C24H20F2IN5O2S/c1-17(24-32-23(13-35-24)19-5-3-18(12-29)4-6-19)25(34-10-2-9-26,14-33-16-30-15-31-33)21-8-7-20(27)11-22(21)28;1-16(23-31-22(10-35-23)18-4-2-17(9-28)3-5-18)24(34-15-33-12-27,11-32-14-29-13-30-32)20-7-6-19(25)8-21(20)26/h3-8,11,13,15-17H,2,9-10,14H2,1H3;2-8,10,13-14,16H,11-12,15H2,1H3/t17-,25+;16-,24+/m00/s1. The van der Waals surface area contributed by atoms with Gasteiger partial charge in [0.05, 0.1) is 57.8 Å². The van der Waals surface area contributed by atoms with Crippen LogP contribution in [0.3, 0.4) is 0 Å². The molecule has 0 unspecified atom stereocenters. The van der Waals surface area contributed by atoms with Crippen LogP contribution < -0.4 is 0 Å². The normalized spacial score (nSPS) is 13.8. The van der Waals surface area contributed by atoms with Gasteiger partial charge in [0.2, 0.25) is 0 Å². The molecule has 4 aromatic heterocycles. The maximum atomic E-state index is 15.3. The van der Waals surface area contributed by atoms with Crippen LogP contribution in [0.1, 0.15) is 64.4 Å². The first-order valence-electron chi connectivity index (χ1n) is 21.4. The van der Waals surface area contributed by atoms with Gasteiger partial charge in [-0.05, 0) is 42.8 Å². The van der Waals surface area contributed by atoms with Crippen molar-refractivity contribution < 1.29 is 31.8 Å². The van der Waals surface area contributed by atoms with Crippen LogP contribution in [-0.4, -0.2) is 63.4 Å². The number of halogens is 6. The Morgan fingerprint density at radius 1 is 0.686 bits per heavy atom. The van der Waals surface area contributed by atoms with Crippen LogP contribution in [0.15, 0.2) is 121 Å². The van der Waals surface area contributed by atoms with Crippen molar-refractivity contribution in [2.24, 2.45) is 0 Å². The second-order valence-electron chi connectivity index (χ2n) is 15.6. The number of ether oxygens (including phenoxy) is 3. The van der Waals surface area contributed by atoms with E-state index < -0.39 is 46.3 Å². The van der Waals surface area contributed by atoms with E-state index in [1.807, 2.05) is 71.5 Å². The first-order valence-corrected chi connectivity index (χ1v) is 25.2. The average molecular weight is 1120 g/mol. The number of nitriles is 2. The first kappa shape index (κ1) is 51.9. The molecule has 0 aliphatic heterocycles. The van der Waals surface area contributed by atoms with Crippen molar-refractivity contribution in [3.05, 3.63) is 177 Å². The van der Waals surface area contributed by atoms with Crippen molar-refractivity contribution in [3.8, 4) is 34.7 Å². The third-order valence-corrected chi connectivity index (χ3v) is 14.2. The van der Waals surface area contributed by atoms with Crippen LogP contribution in [0.5, 0.6) is 0 Å². The number of benzene rings is 4. The lowest BCUT2D eigenvalue weighted by Crippen LogP contribution is -2.41. The Balaban J connectivity index is 0.000000206. The number of hydrogen-bond acceptors (Lipinski definition) is 13. The van der Waals surface area contributed by atoms with Gasteiger partial charge in [0.1, 0.15) is 71.2 Å². The minimum absolute atomic E-state index is 0.0904. The molecule has 0 spiro atoms. The van der Waals surface area contributed by atoms with E-state index in [0.29, 0.717) is 38.1 Å². The smallest absolute Gasteiger partial charge is 0.149 e. The maximum absolute atomic E-state index is 15.3. The number of aromatic nitrogens is 8. The maximum Gasteiger partial charge on any atom is 0.149 e. The minimum atomic E-state index is -1.34. The van der Waals surface area contributed by atoms with Crippen LogP contribution in [0, 0.1) is 45.9 Å². The van der Waals surface area contributed by atoms with Gasteiger partial charge in [0.25, 0.3) is 0 Å². The number of alkyl halides is 2. The molecule has 21 heteroatoms. The molecule has 360 valence electrons. The summed E-state index contributed by atoms with van der Waals surface area (Å²) in [5, 5.41) is 31.7. The van der Waals surface area contributed by atoms with Crippen LogP contribution in [-0.2, 0) is 38.5 Å². The summed E-state index contributed by atoms with van der Waals surface area (Å²) in [6, 6.07) is 25.4. The van der Waals surface area contributed by atoms with E-state index in [-0.39, 0.29) is 37.6 Å². The van der Waals surface area contributed by atoms with E-state index in [1.54, 1.807) is 33.6 Å². The van der Waals surface area contributed by atoms with Crippen LogP contribution in [0.4, 0.5) is 17.6 Å². The Hall–Kier alpha value is -5.98. The monoisotopic (exact) mass is 1120 g/mol. The molecule has 0 aliphatic rings. The van der Waals surface area contributed by atoms with Gasteiger partial charge in [-0.25, -0.2) is 46.9 Å². The Morgan fingerprint density at radius 3 is 1.53 bits per heavy atom. The first-order chi connectivity index (χ1) is 33.9. The second kappa shape index (κ2) is 24.2. The van der Waals surface area contributed by atoms with Crippen molar-refractivity contribution in [1.29, 1.82) is 10.5 Å². The summed E-state index contributed by atoms with van der Waals surface area (Å²) >= 11 is 10.8. The summed E-state index contributed by atoms with van der Waals surface area (Å²) < 4.78 is 79.8. The molecule has 13 nitrogen and oxygen atoms in total. The second-order valence-corrected chi connectivity index (χ2v) is 18.4. The Morgan fingerprint density at radius 2 is 1.14 bits per heavy atom. The largest absolute Gasteiger partial charge is 0.367 e. The van der Waals surface area contributed by atoms with E-state index in [4.69, 9.17) is 46.3 Å². The Kier molecular flexibility index (Phi) is 18.0. The molecule has 0 saturated heterocycles.